The van der Waals surface area contributed by atoms with E-state index in [9.17, 15) is 4.79 Å². The van der Waals surface area contributed by atoms with Gasteiger partial charge in [-0.05, 0) is 27.8 Å². The smallest absolute Gasteiger partial charge is 0.320 e. The van der Waals surface area contributed by atoms with Gasteiger partial charge in [0.1, 0.15) is 5.82 Å². The van der Waals surface area contributed by atoms with E-state index in [1.807, 2.05) is 11.1 Å². The molecule has 0 unspecified atom stereocenters. The molecule has 0 saturated heterocycles. The predicted octanol–water partition coefficient (Wildman–Crippen LogP) is 1.78. The summed E-state index contributed by atoms with van der Waals surface area (Å²) in [4.78, 5) is 22.6. The van der Waals surface area contributed by atoms with Gasteiger partial charge in [0.15, 0.2) is 0 Å². The van der Waals surface area contributed by atoms with Crippen LogP contribution in [-0.4, -0.2) is 64.0 Å². The molecule has 0 aromatic carbocycles. The first-order valence-corrected chi connectivity index (χ1v) is 7.55. The Bertz CT molecular complexity index is 508. The van der Waals surface area contributed by atoms with Gasteiger partial charge in [0.05, 0.1) is 11.7 Å². The third-order valence-electron chi connectivity index (χ3n) is 4.30. The fourth-order valence-electron chi connectivity index (χ4n) is 2.64. The fraction of sp³-hybridized carbons (Fsp3) is 0.733. The summed E-state index contributed by atoms with van der Waals surface area (Å²) in [7, 11) is 5.71. The third kappa shape index (κ3) is 3.05. The van der Waals surface area contributed by atoms with Crippen molar-refractivity contribution >= 4 is 6.03 Å². The van der Waals surface area contributed by atoms with Crippen LogP contribution in [0.15, 0.2) is 6.20 Å². The molecule has 6 heteroatoms. The van der Waals surface area contributed by atoms with Crippen molar-refractivity contribution in [3.8, 4) is 0 Å². The van der Waals surface area contributed by atoms with Gasteiger partial charge in [0, 0.05) is 46.0 Å². The van der Waals surface area contributed by atoms with E-state index in [0.717, 1.165) is 25.5 Å². The molecule has 0 N–H and O–H groups in total. The van der Waals surface area contributed by atoms with Crippen LogP contribution in [0.2, 0.25) is 0 Å². The molecule has 2 rings (SSSR count). The van der Waals surface area contributed by atoms with Crippen molar-refractivity contribution in [3.63, 3.8) is 0 Å². The van der Waals surface area contributed by atoms with Crippen molar-refractivity contribution in [1.29, 1.82) is 0 Å². The maximum Gasteiger partial charge on any atom is 0.320 e. The number of rotatable bonds is 3. The summed E-state index contributed by atoms with van der Waals surface area (Å²) in [6, 6.07) is 0.577. The van der Waals surface area contributed by atoms with E-state index in [4.69, 9.17) is 0 Å². The zero-order valence-electron chi connectivity index (χ0n) is 14.0. The van der Waals surface area contributed by atoms with E-state index in [1.54, 1.807) is 19.0 Å². The minimum Gasteiger partial charge on any atom is -0.331 e. The highest BCUT2D eigenvalue weighted by Gasteiger charge is 2.31. The van der Waals surface area contributed by atoms with Gasteiger partial charge in [-0.2, -0.15) is 0 Å². The van der Waals surface area contributed by atoms with Crippen molar-refractivity contribution in [2.75, 3.05) is 27.7 Å². The Morgan fingerprint density at radius 1 is 1.38 bits per heavy atom. The molecule has 0 saturated carbocycles. The Morgan fingerprint density at radius 2 is 2.05 bits per heavy atom. The van der Waals surface area contributed by atoms with Gasteiger partial charge in [-0.25, -0.2) is 9.78 Å². The Morgan fingerprint density at radius 3 is 2.62 bits per heavy atom. The van der Waals surface area contributed by atoms with Crippen LogP contribution in [0.5, 0.6) is 0 Å². The lowest BCUT2D eigenvalue weighted by atomic mass is 10.2. The number of carbonyl (C=O) groups is 1. The van der Waals surface area contributed by atoms with Gasteiger partial charge >= 0.3 is 6.03 Å². The summed E-state index contributed by atoms with van der Waals surface area (Å²) >= 11 is 0. The number of hydrogen-bond acceptors (Lipinski definition) is 3. The number of urea groups is 1. The van der Waals surface area contributed by atoms with E-state index < -0.39 is 0 Å². The molecule has 0 spiro atoms. The van der Waals surface area contributed by atoms with Gasteiger partial charge < -0.3 is 14.4 Å². The molecule has 2 amide bonds. The molecule has 0 fully saturated rings. The number of fused-ring (bicyclic) bond motifs is 1. The van der Waals surface area contributed by atoms with Crippen LogP contribution in [0.4, 0.5) is 4.79 Å². The number of amides is 2. The first-order chi connectivity index (χ1) is 9.82. The molecule has 0 aliphatic carbocycles. The maximum absolute atomic E-state index is 12.2. The first-order valence-electron chi connectivity index (χ1n) is 7.55. The summed E-state index contributed by atoms with van der Waals surface area (Å²) in [5.41, 5.74) is 1.23. The molecule has 1 atom stereocenters. The number of carbonyl (C=O) groups excluding carboxylic acids is 1. The van der Waals surface area contributed by atoms with Crippen molar-refractivity contribution in [2.45, 2.75) is 45.9 Å². The first kappa shape index (κ1) is 15.8. The van der Waals surface area contributed by atoms with Crippen LogP contribution < -0.4 is 0 Å². The molecule has 1 aliphatic heterocycles. The molecule has 6 nitrogen and oxygen atoms in total. The quantitative estimate of drug-likeness (QED) is 0.853. The van der Waals surface area contributed by atoms with Crippen molar-refractivity contribution < 1.29 is 4.79 Å². The Kier molecular flexibility index (Phi) is 4.56. The van der Waals surface area contributed by atoms with Crippen molar-refractivity contribution in [1.82, 2.24) is 24.3 Å². The van der Waals surface area contributed by atoms with Crippen molar-refractivity contribution in [2.24, 2.45) is 0 Å². The molecule has 0 radical (unpaired) electrons. The van der Waals surface area contributed by atoms with Crippen LogP contribution in [-0.2, 0) is 13.1 Å². The topological polar surface area (TPSA) is 44.6 Å². The van der Waals surface area contributed by atoms with E-state index in [2.05, 4.69) is 42.3 Å². The van der Waals surface area contributed by atoms with E-state index in [0.29, 0.717) is 6.04 Å². The Balaban J connectivity index is 2.19. The second kappa shape index (κ2) is 6.05. The van der Waals surface area contributed by atoms with Crippen LogP contribution in [0.25, 0.3) is 0 Å². The third-order valence-corrected chi connectivity index (χ3v) is 4.30. The molecule has 1 aromatic heterocycles. The molecule has 1 aromatic rings. The Labute approximate surface area is 127 Å². The number of hydrogen-bond donors (Lipinski definition) is 0. The highest BCUT2D eigenvalue weighted by Crippen LogP contribution is 2.26. The predicted molar refractivity (Wildman–Crippen MR) is 83.0 cm³/mol. The van der Waals surface area contributed by atoms with Gasteiger partial charge in [-0.15, -0.1) is 0 Å². The zero-order chi connectivity index (χ0) is 15.7. The standard InChI is InChI=1S/C15H27N5O/c1-11(2)18(6)10-13-9-16-14-12(3)19(7-8-20(13)14)15(21)17(4)5/h9,11-12H,7-8,10H2,1-6H3/t12-/m1/s1. The van der Waals surface area contributed by atoms with E-state index in [-0.39, 0.29) is 12.1 Å². The monoisotopic (exact) mass is 293 g/mol. The van der Waals surface area contributed by atoms with Gasteiger partial charge in [-0.3, -0.25) is 4.90 Å². The summed E-state index contributed by atoms with van der Waals surface area (Å²) in [6.07, 6.45) is 1.95. The molecular weight excluding hydrogens is 266 g/mol. The normalized spacial score (nSPS) is 18.3. The van der Waals surface area contributed by atoms with Crippen molar-refractivity contribution in [3.05, 3.63) is 17.7 Å². The fourth-order valence-corrected chi connectivity index (χ4v) is 2.64. The number of aromatic nitrogens is 2. The second-order valence-corrected chi connectivity index (χ2v) is 6.31. The number of nitrogens with zero attached hydrogens (tertiary/aromatic N) is 5. The lowest BCUT2D eigenvalue weighted by Crippen LogP contribution is -2.46. The molecule has 118 valence electrons. The highest BCUT2D eigenvalue weighted by molar-refractivity contribution is 5.74. The minimum atomic E-state index is 0.0201. The minimum absolute atomic E-state index is 0.0201. The average Bonchev–Trinajstić information content (AvgIpc) is 2.82. The second-order valence-electron chi connectivity index (χ2n) is 6.31. The summed E-state index contributed by atoms with van der Waals surface area (Å²) in [6.45, 7) is 8.87. The summed E-state index contributed by atoms with van der Waals surface area (Å²) in [5, 5.41) is 0. The van der Waals surface area contributed by atoms with Crippen LogP contribution in [0.1, 0.15) is 38.3 Å². The van der Waals surface area contributed by atoms with Crippen LogP contribution >= 0.6 is 0 Å². The van der Waals surface area contributed by atoms with Gasteiger partial charge in [0.2, 0.25) is 0 Å². The largest absolute Gasteiger partial charge is 0.331 e. The molecule has 2 heterocycles. The summed E-state index contributed by atoms with van der Waals surface area (Å²) < 4.78 is 2.27. The van der Waals surface area contributed by atoms with Crippen LogP contribution in [0.3, 0.4) is 0 Å². The van der Waals surface area contributed by atoms with Gasteiger partial charge in [-0.1, -0.05) is 0 Å². The highest BCUT2D eigenvalue weighted by atomic mass is 16.2. The van der Waals surface area contributed by atoms with Crippen LogP contribution in [0, 0.1) is 0 Å². The summed E-state index contributed by atoms with van der Waals surface area (Å²) in [5.74, 6) is 0.989. The molecular formula is C15H27N5O. The SMILES string of the molecule is CC(C)N(C)Cc1cnc2n1CCN(C(=O)N(C)C)[C@@H]2C. The van der Waals surface area contributed by atoms with E-state index in [1.165, 1.54) is 5.69 Å². The van der Waals surface area contributed by atoms with Gasteiger partial charge in [0.25, 0.3) is 0 Å². The number of imidazole rings is 1. The lowest BCUT2D eigenvalue weighted by molar-refractivity contribution is 0.135. The Hall–Kier alpha value is -1.56. The maximum atomic E-state index is 12.2. The molecule has 21 heavy (non-hydrogen) atoms. The van der Waals surface area contributed by atoms with E-state index >= 15 is 0 Å². The molecule has 0 bridgehead atoms. The lowest BCUT2D eigenvalue weighted by Gasteiger charge is -2.36. The zero-order valence-corrected chi connectivity index (χ0v) is 14.0. The molecule has 1 aliphatic rings. The average molecular weight is 293 g/mol.